The Labute approximate surface area is 168 Å². The van der Waals surface area contributed by atoms with Crippen molar-refractivity contribution >= 4 is 11.6 Å². The van der Waals surface area contributed by atoms with Gasteiger partial charge in [-0.15, -0.1) is 0 Å². The Bertz CT molecular complexity index is 750. The molecule has 2 aromatic carbocycles. The number of hydrogen-bond donors (Lipinski definition) is 2. The van der Waals surface area contributed by atoms with Gasteiger partial charge in [0.15, 0.2) is 6.61 Å². The van der Waals surface area contributed by atoms with E-state index in [0.717, 1.165) is 18.8 Å². The average Bonchev–Trinajstić information content (AvgIpc) is 3.22. The molecule has 3 rings (SSSR count). The highest BCUT2D eigenvalue weighted by molar-refractivity contribution is 5.77. The zero-order valence-corrected chi connectivity index (χ0v) is 17.2. The Morgan fingerprint density at radius 2 is 1.71 bits per heavy atom. The number of rotatable bonds is 8. The van der Waals surface area contributed by atoms with Crippen molar-refractivity contribution < 1.29 is 14.4 Å². The normalized spacial score (nSPS) is 15.2. The first-order valence-corrected chi connectivity index (χ1v) is 10.1. The third-order valence-electron chi connectivity index (χ3n) is 5.44. The maximum atomic E-state index is 12.3. The summed E-state index contributed by atoms with van der Waals surface area (Å²) in [6.07, 6.45) is 2.51. The van der Waals surface area contributed by atoms with Crippen molar-refractivity contribution in [3.8, 4) is 5.75 Å². The predicted octanol–water partition coefficient (Wildman–Crippen LogP) is 1.98. The van der Waals surface area contributed by atoms with E-state index in [1.807, 2.05) is 45.3 Å². The van der Waals surface area contributed by atoms with E-state index in [1.165, 1.54) is 29.7 Å². The second-order valence-corrected chi connectivity index (χ2v) is 7.81. The van der Waals surface area contributed by atoms with Gasteiger partial charge in [-0.3, -0.25) is 4.79 Å². The molecule has 0 saturated carbocycles. The second kappa shape index (κ2) is 9.60. The number of hydrogen-bond acceptors (Lipinski definition) is 3. The summed E-state index contributed by atoms with van der Waals surface area (Å²) in [7, 11) is 4.10. The van der Waals surface area contributed by atoms with Crippen molar-refractivity contribution in [3.63, 3.8) is 0 Å². The van der Waals surface area contributed by atoms with Gasteiger partial charge >= 0.3 is 0 Å². The van der Waals surface area contributed by atoms with Crippen LogP contribution in [-0.2, 0) is 4.79 Å². The van der Waals surface area contributed by atoms with E-state index >= 15 is 0 Å². The monoisotopic (exact) mass is 382 g/mol. The lowest BCUT2D eigenvalue weighted by molar-refractivity contribution is -0.918. The molecule has 5 nitrogen and oxygen atoms in total. The van der Waals surface area contributed by atoms with Crippen LogP contribution in [-0.4, -0.2) is 46.2 Å². The van der Waals surface area contributed by atoms with Crippen LogP contribution in [0, 0.1) is 6.92 Å². The van der Waals surface area contributed by atoms with Gasteiger partial charge in [-0.2, -0.15) is 0 Å². The van der Waals surface area contributed by atoms with Crippen molar-refractivity contribution in [1.29, 1.82) is 0 Å². The first-order valence-electron chi connectivity index (χ1n) is 10.1. The fourth-order valence-corrected chi connectivity index (χ4v) is 3.73. The molecule has 1 fully saturated rings. The molecule has 5 heteroatoms. The van der Waals surface area contributed by atoms with Crippen LogP contribution in [0.5, 0.6) is 5.75 Å². The van der Waals surface area contributed by atoms with E-state index in [9.17, 15) is 4.79 Å². The Hall–Kier alpha value is -2.53. The van der Waals surface area contributed by atoms with Crippen LogP contribution in [0.4, 0.5) is 5.69 Å². The third kappa shape index (κ3) is 5.49. The molecule has 1 amide bonds. The molecular formula is C23H32N3O2+. The number of benzene rings is 2. The van der Waals surface area contributed by atoms with E-state index in [2.05, 4.69) is 34.5 Å². The minimum atomic E-state index is -0.0749. The van der Waals surface area contributed by atoms with Gasteiger partial charge in [-0.25, -0.2) is 0 Å². The van der Waals surface area contributed by atoms with Gasteiger partial charge < -0.3 is 19.9 Å². The first kappa shape index (κ1) is 20.2. The molecule has 1 aliphatic rings. The maximum absolute atomic E-state index is 12.3. The zero-order valence-electron chi connectivity index (χ0n) is 17.2. The topological polar surface area (TPSA) is 46.0 Å². The number of nitrogens with zero attached hydrogens (tertiary/aromatic N) is 1. The largest absolute Gasteiger partial charge is 0.484 e. The molecule has 28 heavy (non-hydrogen) atoms. The van der Waals surface area contributed by atoms with Gasteiger partial charge in [0.2, 0.25) is 0 Å². The smallest absolute Gasteiger partial charge is 0.258 e. The number of nitrogens with one attached hydrogen (secondary N) is 2. The number of likely N-dealkylation sites (tertiary alicyclic amines) is 1. The fourth-order valence-electron chi connectivity index (χ4n) is 3.73. The maximum Gasteiger partial charge on any atom is 0.258 e. The molecule has 0 radical (unpaired) electrons. The Morgan fingerprint density at radius 1 is 1.07 bits per heavy atom. The number of aryl methyl sites for hydroxylation is 1. The molecule has 1 atom stereocenters. The zero-order chi connectivity index (χ0) is 19.9. The SMILES string of the molecule is Cc1ccc(OCC(=O)NC[C@H](c2ccc(N(C)C)cc2)[NH+]2CCCC2)cc1. The summed E-state index contributed by atoms with van der Waals surface area (Å²) in [5.74, 6) is 0.649. The van der Waals surface area contributed by atoms with Crippen LogP contribution in [0.15, 0.2) is 48.5 Å². The summed E-state index contributed by atoms with van der Waals surface area (Å²) in [6.45, 7) is 5.03. The highest BCUT2D eigenvalue weighted by Gasteiger charge is 2.27. The van der Waals surface area contributed by atoms with Crippen molar-refractivity contribution in [1.82, 2.24) is 5.32 Å². The third-order valence-corrected chi connectivity index (χ3v) is 5.44. The number of ether oxygens (including phenoxy) is 1. The molecule has 0 bridgehead atoms. The highest BCUT2D eigenvalue weighted by atomic mass is 16.5. The van der Waals surface area contributed by atoms with Crippen LogP contribution in [0.3, 0.4) is 0 Å². The molecule has 1 aliphatic heterocycles. The minimum absolute atomic E-state index is 0.0463. The van der Waals surface area contributed by atoms with Gasteiger partial charge in [0.1, 0.15) is 11.8 Å². The van der Waals surface area contributed by atoms with Gasteiger partial charge in [0.25, 0.3) is 5.91 Å². The lowest BCUT2D eigenvalue weighted by Crippen LogP contribution is -3.11. The Morgan fingerprint density at radius 3 is 2.32 bits per heavy atom. The molecule has 0 unspecified atom stereocenters. The Kier molecular flexibility index (Phi) is 6.93. The second-order valence-electron chi connectivity index (χ2n) is 7.81. The van der Waals surface area contributed by atoms with E-state index in [-0.39, 0.29) is 18.6 Å². The molecular weight excluding hydrogens is 350 g/mol. The molecule has 0 aromatic heterocycles. The van der Waals surface area contributed by atoms with Crippen LogP contribution in [0.1, 0.15) is 30.0 Å². The molecule has 150 valence electrons. The molecule has 0 aliphatic carbocycles. The standard InChI is InChI=1S/C23H31N3O2/c1-18-6-12-21(13-7-18)28-17-23(27)24-16-22(26-14-4-5-15-26)19-8-10-20(11-9-19)25(2)3/h6-13,22H,4-5,14-17H2,1-3H3,(H,24,27)/p+1/t22-/m1/s1. The summed E-state index contributed by atoms with van der Waals surface area (Å²) in [6, 6.07) is 16.7. The molecule has 0 spiro atoms. The van der Waals surface area contributed by atoms with E-state index in [1.54, 1.807) is 4.90 Å². The van der Waals surface area contributed by atoms with Crippen molar-refractivity contribution in [2.24, 2.45) is 0 Å². The lowest BCUT2D eigenvalue weighted by Gasteiger charge is -2.26. The molecule has 1 saturated heterocycles. The highest BCUT2D eigenvalue weighted by Crippen LogP contribution is 2.17. The number of carbonyl (C=O) groups excluding carboxylic acids is 1. The number of quaternary nitrogens is 1. The van der Waals surface area contributed by atoms with E-state index < -0.39 is 0 Å². The first-order chi connectivity index (χ1) is 13.5. The van der Waals surface area contributed by atoms with E-state index in [0.29, 0.717) is 6.54 Å². The van der Waals surface area contributed by atoms with Crippen molar-refractivity contribution in [3.05, 3.63) is 59.7 Å². The van der Waals surface area contributed by atoms with Crippen LogP contribution >= 0.6 is 0 Å². The molecule has 2 aromatic rings. The Balaban J connectivity index is 1.58. The number of carbonyl (C=O) groups is 1. The average molecular weight is 383 g/mol. The predicted molar refractivity (Wildman–Crippen MR) is 113 cm³/mol. The molecule has 1 heterocycles. The summed E-state index contributed by atoms with van der Waals surface area (Å²) in [5.41, 5.74) is 3.64. The summed E-state index contributed by atoms with van der Waals surface area (Å²) in [5, 5.41) is 3.08. The molecule has 2 N–H and O–H groups in total. The lowest BCUT2D eigenvalue weighted by atomic mass is 10.0. The van der Waals surface area contributed by atoms with Crippen LogP contribution < -0.4 is 19.9 Å². The summed E-state index contributed by atoms with van der Waals surface area (Å²) >= 11 is 0. The number of amides is 1. The quantitative estimate of drug-likeness (QED) is 0.734. The summed E-state index contributed by atoms with van der Waals surface area (Å²) < 4.78 is 5.60. The van der Waals surface area contributed by atoms with E-state index in [4.69, 9.17) is 4.74 Å². The van der Waals surface area contributed by atoms with Gasteiger partial charge in [0.05, 0.1) is 19.6 Å². The van der Waals surface area contributed by atoms with Crippen molar-refractivity contribution in [2.75, 3.05) is 45.2 Å². The van der Waals surface area contributed by atoms with Gasteiger partial charge in [-0.05, 0) is 31.2 Å². The van der Waals surface area contributed by atoms with Gasteiger partial charge in [0, 0.05) is 38.2 Å². The fraction of sp³-hybridized carbons (Fsp3) is 0.435. The number of anilines is 1. The van der Waals surface area contributed by atoms with Crippen molar-refractivity contribution in [2.45, 2.75) is 25.8 Å². The summed E-state index contributed by atoms with van der Waals surface area (Å²) in [4.78, 5) is 16.0. The minimum Gasteiger partial charge on any atom is -0.484 e. The van der Waals surface area contributed by atoms with Crippen LogP contribution in [0.2, 0.25) is 0 Å². The van der Waals surface area contributed by atoms with Gasteiger partial charge in [-0.1, -0.05) is 29.8 Å². The van der Waals surface area contributed by atoms with Crippen LogP contribution in [0.25, 0.3) is 0 Å².